The number of esters is 1. The quantitative estimate of drug-likeness (QED) is 0.503. The van der Waals surface area contributed by atoms with Gasteiger partial charge in [0.05, 0.1) is 5.56 Å². The SMILES string of the molecule is CCC(=O)Nc1ccc(C(=O)COC(=O)COc2ccccc2C(N)=O)cc1. The number of Topliss-reactive ketones (excluding diaryl/α,β-unsaturated/α-hetero) is 1. The minimum absolute atomic E-state index is 0.133. The van der Waals surface area contributed by atoms with E-state index in [0.29, 0.717) is 17.7 Å². The van der Waals surface area contributed by atoms with Crippen molar-refractivity contribution < 1.29 is 28.7 Å². The molecule has 0 unspecified atom stereocenters. The molecule has 0 saturated heterocycles. The Labute approximate surface area is 161 Å². The number of amides is 2. The van der Waals surface area contributed by atoms with Crippen LogP contribution in [0, 0.1) is 0 Å². The highest BCUT2D eigenvalue weighted by molar-refractivity contribution is 5.99. The number of nitrogens with two attached hydrogens (primary N) is 1. The molecule has 2 aromatic carbocycles. The Bertz CT molecular complexity index is 877. The summed E-state index contributed by atoms with van der Waals surface area (Å²) in [5.74, 6) is -1.83. The number of hydrogen-bond acceptors (Lipinski definition) is 6. The molecule has 0 fully saturated rings. The van der Waals surface area contributed by atoms with Gasteiger partial charge in [0.1, 0.15) is 5.75 Å². The second kappa shape index (κ2) is 9.86. The van der Waals surface area contributed by atoms with Crippen molar-refractivity contribution >= 4 is 29.3 Å². The third-order valence-electron chi connectivity index (χ3n) is 3.67. The predicted molar refractivity (Wildman–Crippen MR) is 101 cm³/mol. The first-order chi connectivity index (χ1) is 13.4. The molecule has 8 nitrogen and oxygen atoms in total. The molecule has 0 radical (unpaired) electrons. The minimum atomic E-state index is -0.764. The smallest absolute Gasteiger partial charge is 0.344 e. The molecule has 3 N–H and O–H groups in total. The standard InChI is InChI=1S/C20H20N2O6/c1-2-18(24)22-14-9-7-13(8-10-14)16(23)11-28-19(25)12-27-17-6-4-3-5-15(17)20(21)26/h3-10H,2,11-12H2,1H3,(H2,21,26)(H,22,24). The lowest BCUT2D eigenvalue weighted by Gasteiger charge is -2.09. The first-order valence-corrected chi connectivity index (χ1v) is 8.51. The average molecular weight is 384 g/mol. The molecule has 28 heavy (non-hydrogen) atoms. The summed E-state index contributed by atoms with van der Waals surface area (Å²) < 4.78 is 10.1. The van der Waals surface area contributed by atoms with E-state index >= 15 is 0 Å². The number of primary amides is 1. The summed E-state index contributed by atoms with van der Waals surface area (Å²) in [6, 6.07) is 12.4. The molecule has 0 aliphatic heterocycles. The van der Waals surface area contributed by atoms with Crippen molar-refractivity contribution in [2.75, 3.05) is 18.5 Å². The molecule has 2 rings (SSSR count). The first-order valence-electron chi connectivity index (χ1n) is 8.51. The second-order valence-corrected chi connectivity index (χ2v) is 5.71. The maximum Gasteiger partial charge on any atom is 0.344 e. The molecular formula is C20H20N2O6. The van der Waals surface area contributed by atoms with Crippen LogP contribution in [-0.4, -0.2) is 36.8 Å². The van der Waals surface area contributed by atoms with E-state index in [1.54, 1.807) is 31.2 Å². The lowest BCUT2D eigenvalue weighted by molar-refractivity contribution is -0.144. The molecule has 0 aliphatic rings. The second-order valence-electron chi connectivity index (χ2n) is 5.71. The molecule has 8 heteroatoms. The van der Waals surface area contributed by atoms with Crippen LogP contribution in [0.5, 0.6) is 5.75 Å². The Kier molecular flexibility index (Phi) is 7.27. The number of carbonyl (C=O) groups is 4. The summed E-state index contributed by atoms with van der Waals surface area (Å²) in [6.07, 6.45) is 0.350. The summed E-state index contributed by atoms with van der Waals surface area (Å²) in [7, 11) is 0. The monoisotopic (exact) mass is 384 g/mol. The average Bonchev–Trinajstić information content (AvgIpc) is 2.71. The van der Waals surface area contributed by atoms with Crippen LogP contribution in [0.4, 0.5) is 5.69 Å². The van der Waals surface area contributed by atoms with E-state index in [9.17, 15) is 19.2 Å². The van der Waals surface area contributed by atoms with Crippen molar-refractivity contribution in [2.24, 2.45) is 5.73 Å². The van der Waals surface area contributed by atoms with Crippen LogP contribution < -0.4 is 15.8 Å². The Morgan fingerprint density at radius 2 is 1.64 bits per heavy atom. The van der Waals surface area contributed by atoms with E-state index in [-0.39, 0.29) is 17.2 Å². The van der Waals surface area contributed by atoms with Gasteiger partial charge in [0.25, 0.3) is 5.91 Å². The number of benzene rings is 2. The van der Waals surface area contributed by atoms with Gasteiger partial charge >= 0.3 is 5.97 Å². The number of anilines is 1. The van der Waals surface area contributed by atoms with E-state index in [2.05, 4.69) is 5.32 Å². The van der Waals surface area contributed by atoms with Gasteiger partial charge in [0.15, 0.2) is 19.0 Å². The Hall–Kier alpha value is -3.68. The number of nitrogens with one attached hydrogen (secondary N) is 1. The topological polar surface area (TPSA) is 125 Å². The largest absolute Gasteiger partial charge is 0.481 e. The minimum Gasteiger partial charge on any atom is -0.481 e. The van der Waals surface area contributed by atoms with Crippen LogP contribution >= 0.6 is 0 Å². The van der Waals surface area contributed by atoms with Crippen molar-refractivity contribution in [3.05, 3.63) is 59.7 Å². The van der Waals surface area contributed by atoms with Crippen LogP contribution in [0.1, 0.15) is 34.1 Å². The van der Waals surface area contributed by atoms with Gasteiger partial charge in [0, 0.05) is 17.7 Å². The van der Waals surface area contributed by atoms with E-state index in [1.807, 2.05) is 0 Å². The molecule has 2 amide bonds. The number of carbonyl (C=O) groups excluding carboxylic acids is 4. The molecule has 0 bridgehead atoms. The summed E-state index contributed by atoms with van der Waals surface area (Å²) in [4.78, 5) is 46.5. The summed E-state index contributed by atoms with van der Waals surface area (Å²) in [5, 5.41) is 2.67. The van der Waals surface area contributed by atoms with E-state index in [4.69, 9.17) is 15.2 Å². The van der Waals surface area contributed by atoms with Gasteiger partial charge in [-0.1, -0.05) is 19.1 Å². The fraction of sp³-hybridized carbons (Fsp3) is 0.200. The zero-order valence-corrected chi connectivity index (χ0v) is 15.3. The fourth-order valence-electron chi connectivity index (χ4n) is 2.19. The molecule has 146 valence electrons. The Morgan fingerprint density at radius 3 is 2.29 bits per heavy atom. The van der Waals surface area contributed by atoms with Crippen LogP contribution in [0.2, 0.25) is 0 Å². The van der Waals surface area contributed by atoms with Crippen LogP contribution in [0.15, 0.2) is 48.5 Å². The lowest BCUT2D eigenvalue weighted by atomic mass is 10.1. The maximum absolute atomic E-state index is 12.1. The van der Waals surface area contributed by atoms with Crippen LogP contribution in [-0.2, 0) is 14.3 Å². The van der Waals surface area contributed by atoms with Gasteiger partial charge in [-0.2, -0.15) is 0 Å². The molecule has 0 atom stereocenters. The van der Waals surface area contributed by atoms with Crippen molar-refractivity contribution in [2.45, 2.75) is 13.3 Å². The summed E-state index contributed by atoms with van der Waals surface area (Å²) >= 11 is 0. The molecule has 0 saturated carbocycles. The number of hydrogen-bond donors (Lipinski definition) is 2. The molecule has 0 spiro atoms. The molecular weight excluding hydrogens is 364 g/mol. The first kappa shape index (κ1) is 20.6. The van der Waals surface area contributed by atoms with E-state index in [0.717, 1.165) is 0 Å². The van der Waals surface area contributed by atoms with Gasteiger partial charge in [-0.05, 0) is 36.4 Å². The Balaban J connectivity index is 1.83. The van der Waals surface area contributed by atoms with Gasteiger partial charge in [0.2, 0.25) is 5.91 Å². The number of ketones is 1. The van der Waals surface area contributed by atoms with Crippen molar-refractivity contribution in [3.63, 3.8) is 0 Å². The Morgan fingerprint density at radius 1 is 0.964 bits per heavy atom. The van der Waals surface area contributed by atoms with Gasteiger partial charge < -0.3 is 20.5 Å². The lowest BCUT2D eigenvalue weighted by Crippen LogP contribution is -2.21. The van der Waals surface area contributed by atoms with Gasteiger partial charge in [-0.25, -0.2) is 4.79 Å². The molecule has 2 aromatic rings. The highest BCUT2D eigenvalue weighted by Crippen LogP contribution is 2.17. The van der Waals surface area contributed by atoms with Crippen LogP contribution in [0.3, 0.4) is 0 Å². The maximum atomic E-state index is 12.1. The highest BCUT2D eigenvalue weighted by Gasteiger charge is 2.13. The molecule has 0 aromatic heterocycles. The van der Waals surface area contributed by atoms with Gasteiger partial charge in [-0.3, -0.25) is 14.4 Å². The van der Waals surface area contributed by atoms with E-state index in [1.165, 1.54) is 24.3 Å². The number of rotatable bonds is 9. The highest BCUT2D eigenvalue weighted by atomic mass is 16.6. The zero-order chi connectivity index (χ0) is 20.5. The van der Waals surface area contributed by atoms with Crippen molar-refractivity contribution in [1.82, 2.24) is 0 Å². The number of ether oxygens (including phenoxy) is 2. The van der Waals surface area contributed by atoms with Crippen LogP contribution in [0.25, 0.3) is 0 Å². The summed E-state index contributed by atoms with van der Waals surface area (Å²) in [5.41, 5.74) is 6.27. The third kappa shape index (κ3) is 5.94. The zero-order valence-electron chi connectivity index (χ0n) is 15.3. The normalized spacial score (nSPS) is 10.0. The molecule has 0 heterocycles. The third-order valence-corrected chi connectivity index (χ3v) is 3.67. The van der Waals surface area contributed by atoms with Gasteiger partial charge in [-0.15, -0.1) is 0 Å². The summed E-state index contributed by atoms with van der Waals surface area (Å²) in [6.45, 7) is 0.803. The van der Waals surface area contributed by atoms with Crippen molar-refractivity contribution in [3.8, 4) is 5.75 Å². The fourth-order valence-corrected chi connectivity index (χ4v) is 2.19. The van der Waals surface area contributed by atoms with Crippen molar-refractivity contribution in [1.29, 1.82) is 0 Å². The van der Waals surface area contributed by atoms with E-state index < -0.39 is 30.9 Å². The number of para-hydroxylation sites is 1. The predicted octanol–water partition coefficient (Wildman–Crippen LogP) is 1.94. The molecule has 0 aliphatic carbocycles.